The van der Waals surface area contributed by atoms with Gasteiger partial charge in [-0.1, -0.05) is 78.1 Å². The molecule has 0 amide bonds. The summed E-state index contributed by atoms with van der Waals surface area (Å²) in [5.41, 5.74) is -0.281. The lowest BCUT2D eigenvalue weighted by atomic mass is 9.92. The molecule has 0 aliphatic carbocycles. The average Bonchev–Trinajstić information content (AvgIpc) is 3.38. The standard InChI is InChI=1S/C26H46O3/c1-3-5-7-9-11-13-17-25(19-15-21-28-25)23-27-24-26(20-16-22-29-26)18-14-12-10-8-6-4-2/h15-16,21-22H,3-14,17-20,23-24H2,1-2H3. The smallest absolute Gasteiger partial charge is 0.135 e. The van der Waals surface area contributed by atoms with Gasteiger partial charge in [0.1, 0.15) is 11.2 Å². The monoisotopic (exact) mass is 406 g/mol. The number of unbranched alkanes of at least 4 members (excludes halogenated alkanes) is 10. The van der Waals surface area contributed by atoms with E-state index in [0.717, 1.165) is 25.7 Å². The molecule has 0 radical (unpaired) electrons. The normalized spacial score (nSPS) is 25.4. The topological polar surface area (TPSA) is 27.7 Å². The maximum Gasteiger partial charge on any atom is 0.135 e. The summed E-state index contributed by atoms with van der Waals surface area (Å²) in [6.45, 7) is 5.90. The molecule has 2 rings (SSSR count). The Balaban J connectivity index is 1.67. The Bertz CT molecular complexity index is 411. The van der Waals surface area contributed by atoms with Gasteiger partial charge in [-0.3, -0.25) is 0 Å². The van der Waals surface area contributed by atoms with Gasteiger partial charge < -0.3 is 14.2 Å². The second-order valence-corrected chi connectivity index (χ2v) is 9.28. The summed E-state index contributed by atoms with van der Waals surface area (Å²) in [7, 11) is 0. The zero-order valence-electron chi connectivity index (χ0n) is 19.3. The van der Waals surface area contributed by atoms with E-state index < -0.39 is 0 Å². The van der Waals surface area contributed by atoms with Gasteiger partial charge in [0.25, 0.3) is 0 Å². The van der Waals surface area contributed by atoms with E-state index in [2.05, 4.69) is 26.0 Å². The fourth-order valence-corrected chi connectivity index (χ4v) is 4.54. The fraction of sp³-hybridized carbons (Fsp3) is 0.846. The van der Waals surface area contributed by atoms with E-state index >= 15 is 0 Å². The van der Waals surface area contributed by atoms with Crippen molar-refractivity contribution >= 4 is 0 Å². The first-order chi connectivity index (χ1) is 14.2. The van der Waals surface area contributed by atoms with E-state index in [1.54, 1.807) is 0 Å². The molecule has 3 heteroatoms. The first kappa shape index (κ1) is 24.3. The maximum absolute atomic E-state index is 6.27. The van der Waals surface area contributed by atoms with Crippen LogP contribution in [0.1, 0.15) is 117 Å². The Hall–Kier alpha value is -0.960. The summed E-state index contributed by atoms with van der Waals surface area (Å²) < 4.78 is 18.3. The molecule has 2 aliphatic rings. The predicted octanol–water partition coefficient (Wildman–Crippen LogP) is 7.85. The van der Waals surface area contributed by atoms with Gasteiger partial charge in [0.15, 0.2) is 0 Å². The maximum atomic E-state index is 6.27. The lowest BCUT2D eigenvalue weighted by Gasteiger charge is -2.33. The Morgan fingerprint density at radius 1 is 0.621 bits per heavy atom. The highest BCUT2D eigenvalue weighted by Crippen LogP contribution is 2.33. The van der Waals surface area contributed by atoms with Crippen molar-refractivity contribution in [3.05, 3.63) is 24.7 Å². The van der Waals surface area contributed by atoms with Crippen LogP contribution in [0.15, 0.2) is 24.7 Å². The van der Waals surface area contributed by atoms with Gasteiger partial charge in [0.2, 0.25) is 0 Å². The molecule has 0 N–H and O–H groups in total. The molecule has 0 saturated carbocycles. The quantitative estimate of drug-likeness (QED) is 0.217. The average molecular weight is 407 g/mol. The summed E-state index contributed by atoms with van der Waals surface area (Å²) in [4.78, 5) is 0. The zero-order valence-corrected chi connectivity index (χ0v) is 19.3. The van der Waals surface area contributed by atoms with Gasteiger partial charge in [-0.15, -0.1) is 0 Å². The molecule has 0 aromatic rings. The van der Waals surface area contributed by atoms with Crippen LogP contribution in [0.3, 0.4) is 0 Å². The number of hydrogen-bond donors (Lipinski definition) is 0. The molecule has 2 atom stereocenters. The summed E-state index contributed by atoms with van der Waals surface area (Å²) >= 11 is 0. The van der Waals surface area contributed by atoms with Crippen molar-refractivity contribution in [1.29, 1.82) is 0 Å². The van der Waals surface area contributed by atoms with Crippen LogP contribution in [0.25, 0.3) is 0 Å². The Morgan fingerprint density at radius 2 is 1.03 bits per heavy atom. The van der Waals surface area contributed by atoms with Crippen molar-refractivity contribution in [3.8, 4) is 0 Å². The van der Waals surface area contributed by atoms with Gasteiger partial charge in [-0.2, -0.15) is 0 Å². The largest absolute Gasteiger partial charge is 0.492 e. The second-order valence-electron chi connectivity index (χ2n) is 9.28. The molecule has 2 unspecified atom stereocenters. The molecular formula is C26H46O3. The van der Waals surface area contributed by atoms with E-state index in [4.69, 9.17) is 14.2 Å². The van der Waals surface area contributed by atoms with E-state index in [1.165, 1.54) is 77.0 Å². The first-order valence-electron chi connectivity index (χ1n) is 12.5. The van der Waals surface area contributed by atoms with E-state index in [0.29, 0.717) is 13.2 Å². The van der Waals surface area contributed by atoms with Crippen molar-refractivity contribution in [2.24, 2.45) is 0 Å². The van der Waals surface area contributed by atoms with Crippen LogP contribution >= 0.6 is 0 Å². The van der Waals surface area contributed by atoms with Crippen LogP contribution < -0.4 is 0 Å². The highest BCUT2D eigenvalue weighted by molar-refractivity contribution is 5.00. The third-order valence-electron chi connectivity index (χ3n) is 6.51. The van der Waals surface area contributed by atoms with Crippen LogP contribution in [0.4, 0.5) is 0 Å². The highest BCUT2D eigenvalue weighted by atomic mass is 16.6. The minimum atomic E-state index is -0.141. The van der Waals surface area contributed by atoms with Gasteiger partial charge >= 0.3 is 0 Å². The van der Waals surface area contributed by atoms with Gasteiger partial charge in [-0.25, -0.2) is 0 Å². The number of ether oxygens (including phenoxy) is 3. The SMILES string of the molecule is CCCCCCCCC1(COCC2(CCCCCCCC)CC=CO2)CC=CO1. The summed E-state index contributed by atoms with van der Waals surface area (Å²) in [6, 6.07) is 0. The highest BCUT2D eigenvalue weighted by Gasteiger charge is 2.37. The van der Waals surface area contributed by atoms with Crippen LogP contribution in [-0.2, 0) is 14.2 Å². The zero-order chi connectivity index (χ0) is 20.7. The minimum absolute atomic E-state index is 0.141. The van der Waals surface area contributed by atoms with Crippen molar-refractivity contribution in [1.82, 2.24) is 0 Å². The first-order valence-corrected chi connectivity index (χ1v) is 12.5. The predicted molar refractivity (Wildman–Crippen MR) is 122 cm³/mol. The van der Waals surface area contributed by atoms with Crippen molar-refractivity contribution < 1.29 is 14.2 Å². The van der Waals surface area contributed by atoms with E-state index in [1.807, 2.05) is 12.5 Å². The molecule has 3 nitrogen and oxygen atoms in total. The molecule has 2 aliphatic heterocycles. The lowest BCUT2D eigenvalue weighted by molar-refractivity contribution is -0.0967. The van der Waals surface area contributed by atoms with Crippen LogP contribution in [0.5, 0.6) is 0 Å². The molecule has 0 saturated heterocycles. The molecular weight excluding hydrogens is 360 g/mol. The van der Waals surface area contributed by atoms with Crippen LogP contribution in [0, 0.1) is 0 Å². The Labute approximate surface area is 180 Å². The fourth-order valence-electron chi connectivity index (χ4n) is 4.54. The molecule has 0 bridgehead atoms. The summed E-state index contributed by atoms with van der Waals surface area (Å²) in [5, 5.41) is 0. The summed E-state index contributed by atoms with van der Waals surface area (Å²) in [6.07, 6.45) is 28.0. The molecule has 2 heterocycles. The molecule has 0 aromatic heterocycles. The third kappa shape index (κ3) is 9.15. The molecule has 168 valence electrons. The van der Waals surface area contributed by atoms with Gasteiger partial charge in [0.05, 0.1) is 25.7 Å². The number of rotatable bonds is 18. The van der Waals surface area contributed by atoms with Crippen molar-refractivity contribution in [3.63, 3.8) is 0 Å². The second kappa shape index (κ2) is 14.1. The summed E-state index contributed by atoms with van der Waals surface area (Å²) in [5.74, 6) is 0. The lowest BCUT2D eigenvalue weighted by Crippen LogP contribution is -2.39. The number of hydrogen-bond acceptors (Lipinski definition) is 3. The Kier molecular flexibility index (Phi) is 11.8. The molecule has 0 fully saturated rings. The Morgan fingerprint density at radius 3 is 1.41 bits per heavy atom. The van der Waals surface area contributed by atoms with E-state index in [-0.39, 0.29) is 11.2 Å². The van der Waals surface area contributed by atoms with Crippen molar-refractivity contribution in [2.45, 2.75) is 128 Å². The molecule has 0 spiro atoms. The minimum Gasteiger partial charge on any atom is -0.492 e. The molecule has 29 heavy (non-hydrogen) atoms. The van der Waals surface area contributed by atoms with Gasteiger partial charge in [0, 0.05) is 12.8 Å². The molecule has 0 aromatic carbocycles. The van der Waals surface area contributed by atoms with Crippen LogP contribution in [0.2, 0.25) is 0 Å². The van der Waals surface area contributed by atoms with Crippen LogP contribution in [-0.4, -0.2) is 24.4 Å². The van der Waals surface area contributed by atoms with E-state index in [9.17, 15) is 0 Å². The third-order valence-corrected chi connectivity index (χ3v) is 6.51. The van der Waals surface area contributed by atoms with Gasteiger partial charge in [-0.05, 0) is 37.8 Å². The van der Waals surface area contributed by atoms with Crippen molar-refractivity contribution in [2.75, 3.05) is 13.2 Å².